The van der Waals surface area contributed by atoms with E-state index >= 15 is 0 Å². The molecule has 168 valence electrons. The van der Waals surface area contributed by atoms with E-state index in [1.807, 2.05) is 0 Å². The molecule has 2 amide bonds. The van der Waals surface area contributed by atoms with Gasteiger partial charge in [0.2, 0.25) is 21.8 Å². The number of hydrogen-bond donors (Lipinski definition) is 1. The van der Waals surface area contributed by atoms with Gasteiger partial charge in [-0.3, -0.25) is 9.59 Å². The molecule has 0 spiro atoms. The predicted octanol–water partition coefficient (Wildman–Crippen LogP) is 1.75. The molecule has 4 rings (SSSR count). The van der Waals surface area contributed by atoms with Crippen LogP contribution in [0.2, 0.25) is 0 Å². The number of sulfonamides is 1. The molecule has 2 aromatic rings. The van der Waals surface area contributed by atoms with Crippen molar-refractivity contribution in [3.05, 3.63) is 18.2 Å². The first-order chi connectivity index (χ1) is 15.0. The highest BCUT2D eigenvalue weighted by Crippen LogP contribution is 2.31. The molecule has 0 radical (unpaired) electrons. The molecule has 0 saturated carbocycles. The zero-order valence-corrected chi connectivity index (χ0v) is 19.0. The number of carbonyl (C=O) groups excluding carboxylic acids is 2. The van der Waals surface area contributed by atoms with Crippen LogP contribution in [-0.4, -0.2) is 70.4 Å². The largest absolute Gasteiger partial charge is 0.356 e. The molecule has 1 aromatic heterocycles. The van der Waals surface area contributed by atoms with Crippen LogP contribution in [0, 0.1) is 0 Å². The number of carbonyl (C=O) groups is 2. The predicted molar refractivity (Wildman–Crippen MR) is 117 cm³/mol. The van der Waals surface area contributed by atoms with Gasteiger partial charge in [-0.15, -0.1) is 0 Å². The quantitative estimate of drug-likeness (QED) is 0.739. The molecule has 1 unspecified atom stereocenters. The van der Waals surface area contributed by atoms with Gasteiger partial charge in [-0.25, -0.2) is 8.42 Å². The maximum atomic E-state index is 13.5. The van der Waals surface area contributed by atoms with Gasteiger partial charge in [-0.2, -0.15) is 13.1 Å². The van der Waals surface area contributed by atoms with E-state index in [-0.39, 0.29) is 23.1 Å². The van der Waals surface area contributed by atoms with E-state index in [0.717, 1.165) is 37.4 Å². The van der Waals surface area contributed by atoms with E-state index in [4.69, 9.17) is 0 Å². The van der Waals surface area contributed by atoms with Crippen molar-refractivity contribution in [1.82, 2.24) is 23.3 Å². The van der Waals surface area contributed by atoms with E-state index in [1.54, 1.807) is 17.0 Å². The maximum Gasteiger partial charge on any atom is 0.246 e. The standard InChI is InChI=1S/C20H27N5O4S2/c26-18-10-14-24(12-4-2-1-3-11-21-18)20(27)16-8-6-13-25(16)31(28,29)17-9-5-7-15-19(17)23-30-22-15/h5,7,9,16H,1-4,6,8,10-14H2,(H,21,26). The molecular formula is C20H27N5O4S2. The molecule has 0 bridgehead atoms. The minimum absolute atomic E-state index is 0.0710. The van der Waals surface area contributed by atoms with Gasteiger partial charge in [0.25, 0.3) is 0 Å². The van der Waals surface area contributed by atoms with Gasteiger partial charge >= 0.3 is 0 Å². The maximum absolute atomic E-state index is 13.5. The third-order valence-electron chi connectivity index (χ3n) is 5.92. The summed E-state index contributed by atoms with van der Waals surface area (Å²) < 4.78 is 36.6. The lowest BCUT2D eigenvalue weighted by atomic mass is 10.1. The first kappa shape index (κ1) is 22.1. The van der Waals surface area contributed by atoms with Crippen LogP contribution in [0.1, 0.15) is 44.9 Å². The number of nitrogens with one attached hydrogen (secondary N) is 1. The molecule has 0 aliphatic carbocycles. The van der Waals surface area contributed by atoms with Crippen LogP contribution in [0.25, 0.3) is 11.0 Å². The highest BCUT2D eigenvalue weighted by molar-refractivity contribution is 7.89. The molecule has 1 N–H and O–H groups in total. The van der Waals surface area contributed by atoms with Crippen LogP contribution >= 0.6 is 11.7 Å². The number of rotatable bonds is 3. The molecule has 31 heavy (non-hydrogen) atoms. The Morgan fingerprint density at radius 3 is 2.77 bits per heavy atom. The van der Waals surface area contributed by atoms with Gasteiger partial charge in [0.05, 0.1) is 11.7 Å². The second-order valence-electron chi connectivity index (χ2n) is 8.00. The number of hydrogen-bond acceptors (Lipinski definition) is 7. The molecule has 2 saturated heterocycles. The summed E-state index contributed by atoms with van der Waals surface area (Å²) in [6.45, 7) is 1.81. The number of aromatic nitrogens is 2. The lowest BCUT2D eigenvalue weighted by Gasteiger charge is -2.30. The van der Waals surface area contributed by atoms with E-state index in [0.29, 0.717) is 50.1 Å². The normalized spacial score (nSPS) is 22.3. The fourth-order valence-electron chi connectivity index (χ4n) is 4.27. The SMILES string of the molecule is O=C1CCN(C(=O)C2CCCN2S(=O)(=O)c2cccc3nsnc23)CCCCCCN1. The number of nitrogens with zero attached hydrogens (tertiary/aromatic N) is 4. The highest BCUT2D eigenvalue weighted by Gasteiger charge is 2.42. The molecule has 1 aromatic carbocycles. The molecule has 11 heteroatoms. The monoisotopic (exact) mass is 465 g/mol. The average Bonchev–Trinajstić information content (AvgIpc) is 3.43. The summed E-state index contributed by atoms with van der Waals surface area (Å²) >= 11 is 0.969. The van der Waals surface area contributed by atoms with Crippen molar-refractivity contribution < 1.29 is 18.0 Å². The molecule has 1 atom stereocenters. The van der Waals surface area contributed by atoms with Crippen molar-refractivity contribution in [2.75, 3.05) is 26.2 Å². The summed E-state index contributed by atoms with van der Waals surface area (Å²) in [6, 6.07) is 4.15. The van der Waals surface area contributed by atoms with Crippen molar-refractivity contribution in [3.8, 4) is 0 Å². The second kappa shape index (κ2) is 9.58. The van der Waals surface area contributed by atoms with E-state index < -0.39 is 16.1 Å². The molecular weight excluding hydrogens is 438 g/mol. The Kier molecular flexibility index (Phi) is 6.83. The lowest BCUT2D eigenvalue weighted by molar-refractivity contribution is -0.135. The summed E-state index contributed by atoms with van der Waals surface area (Å²) in [5.74, 6) is -0.282. The Morgan fingerprint density at radius 2 is 1.90 bits per heavy atom. The van der Waals surface area contributed by atoms with E-state index in [9.17, 15) is 18.0 Å². The van der Waals surface area contributed by atoms with Gasteiger partial charge in [-0.1, -0.05) is 18.9 Å². The van der Waals surface area contributed by atoms with Crippen molar-refractivity contribution in [1.29, 1.82) is 0 Å². The fraction of sp³-hybridized carbons (Fsp3) is 0.600. The number of amides is 2. The lowest BCUT2D eigenvalue weighted by Crippen LogP contribution is -2.48. The van der Waals surface area contributed by atoms with Crippen molar-refractivity contribution >= 4 is 44.6 Å². The topological polar surface area (TPSA) is 113 Å². The van der Waals surface area contributed by atoms with Gasteiger partial charge in [0.1, 0.15) is 22.0 Å². The van der Waals surface area contributed by atoms with Gasteiger partial charge in [-0.05, 0) is 37.8 Å². The minimum atomic E-state index is -3.90. The molecule has 2 aliphatic rings. The van der Waals surface area contributed by atoms with Crippen molar-refractivity contribution in [2.24, 2.45) is 0 Å². The molecule has 3 heterocycles. The van der Waals surface area contributed by atoms with E-state index in [2.05, 4.69) is 14.1 Å². The molecule has 2 aliphatic heterocycles. The van der Waals surface area contributed by atoms with Gasteiger partial charge < -0.3 is 10.2 Å². The minimum Gasteiger partial charge on any atom is -0.356 e. The van der Waals surface area contributed by atoms with Crippen LogP contribution in [0.15, 0.2) is 23.1 Å². The van der Waals surface area contributed by atoms with Crippen LogP contribution < -0.4 is 5.32 Å². The van der Waals surface area contributed by atoms with Crippen LogP contribution in [0.5, 0.6) is 0 Å². The second-order valence-corrected chi connectivity index (χ2v) is 10.4. The fourth-order valence-corrected chi connectivity index (χ4v) is 6.67. The summed E-state index contributed by atoms with van der Waals surface area (Å²) in [7, 11) is -3.90. The zero-order chi connectivity index (χ0) is 21.8. The summed E-state index contributed by atoms with van der Waals surface area (Å²) in [5.41, 5.74) is 0.879. The Morgan fingerprint density at radius 1 is 1.06 bits per heavy atom. The first-order valence-electron chi connectivity index (χ1n) is 10.8. The molecule has 9 nitrogen and oxygen atoms in total. The Balaban J connectivity index is 1.57. The molecule has 2 fully saturated rings. The van der Waals surface area contributed by atoms with Gasteiger partial charge in [0, 0.05) is 32.6 Å². The van der Waals surface area contributed by atoms with Crippen molar-refractivity contribution in [2.45, 2.75) is 55.9 Å². The summed E-state index contributed by atoms with van der Waals surface area (Å²) in [4.78, 5) is 27.2. The number of fused-ring (bicyclic) bond motifs is 1. The Hall–Kier alpha value is -2.11. The zero-order valence-electron chi connectivity index (χ0n) is 17.3. The first-order valence-corrected chi connectivity index (χ1v) is 12.9. The van der Waals surface area contributed by atoms with Crippen LogP contribution in [-0.2, 0) is 19.6 Å². The third kappa shape index (κ3) is 4.73. The smallest absolute Gasteiger partial charge is 0.246 e. The third-order valence-corrected chi connectivity index (χ3v) is 8.40. The van der Waals surface area contributed by atoms with Crippen molar-refractivity contribution in [3.63, 3.8) is 0 Å². The van der Waals surface area contributed by atoms with Crippen LogP contribution in [0.3, 0.4) is 0 Å². The number of benzene rings is 1. The van der Waals surface area contributed by atoms with E-state index in [1.165, 1.54) is 10.4 Å². The Bertz CT molecular complexity index is 1050. The summed E-state index contributed by atoms with van der Waals surface area (Å²) in [5, 5.41) is 2.88. The van der Waals surface area contributed by atoms with Gasteiger partial charge in [0.15, 0.2) is 0 Å². The average molecular weight is 466 g/mol. The van der Waals surface area contributed by atoms with Crippen LogP contribution in [0.4, 0.5) is 0 Å². The highest BCUT2D eigenvalue weighted by atomic mass is 32.2. The summed E-state index contributed by atoms with van der Waals surface area (Å²) in [6.07, 6.45) is 5.09. The Labute approximate surface area is 186 Å².